The molecular formula is C17H19N3O2S. The molecule has 1 N–H and O–H groups in total. The SMILES string of the molecule is O=C(N[C@@H]1C[C@H]2CCN(C2)C1)c1ccc(Sc2cnco2)cc1. The first kappa shape index (κ1) is 14.8. The van der Waals surface area contributed by atoms with Gasteiger partial charge in [0, 0.05) is 29.6 Å². The first-order valence-electron chi connectivity index (χ1n) is 7.96. The van der Waals surface area contributed by atoms with E-state index in [0.717, 1.165) is 28.9 Å². The summed E-state index contributed by atoms with van der Waals surface area (Å²) in [5.41, 5.74) is 0.708. The molecular weight excluding hydrogens is 310 g/mol. The van der Waals surface area contributed by atoms with Gasteiger partial charge in [0.15, 0.2) is 11.5 Å². The van der Waals surface area contributed by atoms with Crippen LogP contribution in [0.4, 0.5) is 0 Å². The van der Waals surface area contributed by atoms with Crippen LogP contribution in [0.25, 0.3) is 0 Å². The number of benzene rings is 1. The Bertz CT molecular complexity index is 660. The fourth-order valence-corrected chi connectivity index (χ4v) is 4.19. The van der Waals surface area contributed by atoms with Crippen LogP contribution in [-0.2, 0) is 0 Å². The van der Waals surface area contributed by atoms with E-state index in [0.29, 0.717) is 5.56 Å². The molecule has 1 amide bonds. The second-order valence-corrected chi connectivity index (χ2v) is 7.35. The minimum absolute atomic E-state index is 0.0220. The van der Waals surface area contributed by atoms with E-state index in [2.05, 4.69) is 15.2 Å². The number of hydrogen-bond acceptors (Lipinski definition) is 5. The van der Waals surface area contributed by atoms with Crippen molar-refractivity contribution < 1.29 is 9.21 Å². The van der Waals surface area contributed by atoms with E-state index < -0.39 is 0 Å². The smallest absolute Gasteiger partial charge is 0.251 e. The lowest BCUT2D eigenvalue weighted by molar-refractivity contribution is 0.0909. The molecule has 0 saturated carbocycles. The van der Waals surface area contributed by atoms with Gasteiger partial charge >= 0.3 is 0 Å². The summed E-state index contributed by atoms with van der Waals surface area (Å²) in [4.78, 5) is 19.8. The average molecular weight is 329 g/mol. The number of oxazole rings is 1. The van der Waals surface area contributed by atoms with E-state index in [-0.39, 0.29) is 11.9 Å². The first-order valence-corrected chi connectivity index (χ1v) is 8.77. The van der Waals surface area contributed by atoms with Crippen molar-refractivity contribution in [3.63, 3.8) is 0 Å². The van der Waals surface area contributed by atoms with E-state index in [1.165, 1.54) is 37.7 Å². The summed E-state index contributed by atoms with van der Waals surface area (Å²) in [5.74, 6) is 0.781. The minimum atomic E-state index is 0.0220. The van der Waals surface area contributed by atoms with Gasteiger partial charge in [0.1, 0.15) is 0 Å². The molecule has 2 fully saturated rings. The third kappa shape index (κ3) is 3.43. The molecule has 2 bridgehead atoms. The molecule has 3 atom stereocenters. The molecule has 0 radical (unpaired) electrons. The highest BCUT2D eigenvalue weighted by molar-refractivity contribution is 7.99. The number of fused-ring (bicyclic) bond motifs is 2. The summed E-state index contributed by atoms with van der Waals surface area (Å²) < 4.78 is 5.21. The molecule has 2 aliphatic rings. The largest absolute Gasteiger partial charge is 0.437 e. The summed E-state index contributed by atoms with van der Waals surface area (Å²) in [6.45, 7) is 3.38. The molecule has 23 heavy (non-hydrogen) atoms. The Morgan fingerprint density at radius 3 is 2.91 bits per heavy atom. The molecule has 2 aliphatic heterocycles. The highest BCUT2D eigenvalue weighted by Crippen LogP contribution is 2.28. The van der Waals surface area contributed by atoms with Gasteiger partial charge in [0.05, 0.1) is 6.20 Å². The maximum absolute atomic E-state index is 12.4. The van der Waals surface area contributed by atoms with E-state index in [1.807, 2.05) is 24.3 Å². The molecule has 5 nitrogen and oxygen atoms in total. The van der Waals surface area contributed by atoms with Crippen molar-refractivity contribution in [3.05, 3.63) is 42.4 Å². The summed E-state index contributed by atoms with van der Waals surface area (Å²) in [5, 5.41) is 3.93. The Kier molecular flexibility index (Phi) is 4.10. The molecule has 0 aliphatic carbocycles. The van der Waals surface area contributed by atoms with E-state index >= 15 is 0 Å². The summed E-state index contributed by atoms with van der Waals surface area (Å²) >= 11 is 1.49. The van der Waals surface area contributed by atoms with Gasteiger partial charge in [-0.05, 0) is 49.6 Å². The highest BCUT2D eigenvalue weighted by atomic mass is 32.2. The lowest BCUT2D eigenvalue weighted by Crippen LogP contribution is -2.47. The summed E-state index contributed by atoms with van der Waals surface area (Å²) in [7, 11) is 0. The van der Waals surface area contributed by atoms with Crippen molar-refractivity contribution in [2.24, 2.45) is 5.92 Å². The fraction of sp³-hybridized carbons (Fsp3) is 0.412. The number of carbonyl (C=O) groups excluding carboxylic acids is 1. The Morgan fingerprint density at radius 2 is 2.17 bits per heavy atom. The monoisotopic (exact) mass is 329 g/mol. The topological polar surface area (TPSA) is 58.4 Å². The average Bonchev–Trinajstić information content (AvgIpc) is 3.18. The van der Waals surface area contributed by atoms with Crippen LogP contribution in [0.2, 0.25) is 0 Å². The lowest BCUT2D eigenvalue weighted by atomic mass is 9.96. The highest BCUT2D eigenvalue weighted by Gasteiger charge is 2.32. The van der Waals surface area contributed by atoms with Crippen LogP contribution in [-0.4, -0.2) is 41.5 Å². The van der Waals surface area contributed by atoms with Gasteiger partial charge in [0.25, 0.3) is 5.91 Å². The van der Waals surface area contributed by atoms with Crippen molar-refractivity contribution in [1.29, 1.82) is 0 Å². The quantitative estimate of drug-likeness (QED) is 0.934. The number of hydrogen-bond donors (Lipinski definition) is 1. The number of rotatable bonds is 4. The van der Waals surface area contributed by atoms with Crippen molar-refractivity contribution in [2.75, 3.05) is 19.6 Å². The molecule has 6 heteroatoms. The number of piperidine rings is 1. The Morgan fingerprint density at radius 1 is 1.30 bits per heavy atom. The molecule has 2 saturated heterocycles. The summed E-state index contributed by atoms with van der Waals surface area (Å²) in [6, 6.07) is 7.90. The van der Waals surface area contributed by atoms with Crippen LogP contribution in [0.3, 0.4) is 0 Å². The number of carbonyl (C=O) groups is 1. The zero-order valence-corrected chi connectivity index (χ0v) is 13.6. The molecule has 120 valence electrons. The van der Waals surface area contributed by atoms with Gasteiger partial charge in [-0.3, -0.25) is 4.79 Å². The van der Waals surface area contributed by atoms with Gasteiger partial charge in [-0.1, -0.05) is 11.8 Å². The van der Waals surface area contributed by atoms with Crippen LogP contribution in [0.1, 0.15) is 23.2 Å². The Labute approximate surface area is 139 Å². The second kappa shape index (κ2) is 6.37. The lowest BCUT2D eigenvalue weighted by Gasteiger charge is -2.30. The second-order valence-electron chi connectivity index (χ2n) is 6.27. The molecule has 1 aromatic carbocycles. The van der Waals surface area contributed by atoms with Crippen molar-refractivity contribution in [2.45, 2.75) is 28.9 Å². The number of nitrogens with zero attached hydrogens (tertiary/aromatic N) is 2. The first-order chi connectivity index (χ1) is 11.3. The Balaban J connectivity index is 1.36. The van der Waals surface area contributed by atoms with Crippen LogP contribution >= 0.6 is 11.8 Å². The minimum Gasteiger partial charge on any atom is -0.437 e. The van der Waals surface area contributed by atoms with Crippen LogP contribution in [0.15, 0.2) is 51.3 Å². The van der Waals surface area contributed by atoms with E-state index in [1.54, 1.807) is 6.20 Å². The molecule has 3 heterocycles. The van der Waals surface area contributed by atoms with Gasteiger partial charge < -0.3 is 14.6 Å². The van der Waals surface area contributed by atoms with Crippen molar-refractivity contribution >= 4 is 17.7 Å². The zero-order chi connectivity index (χ0) is 15.6. The number of nitrogens with one attached hydrogen (secondary N) is 1. The standard InChI is InChI=1S/C17H19N3O2S/c21-17(19-14-7-12-5-6-20(9-12)10-14)13-1-3-15(4-2-13)23-16-8-18-11-22-16/h1-4,8,11-12,14H,5-7,9-10H2,(H,19,21)/t12-,14-/m1/s1. The third-order valence-electron chi connectivity index (χ3n) is 4.55. The van der Waals surface area contributed by atoms with Gasteiger partial charge in [-0.2, -0.15) is 0 Å². The summed E-state index contributed by atoms with van der Waals surface area (Å²) in [6.07, 6.45) is 5.48. The van der Waals surface area contributed by atoms with Crippen molar-refractivity contribution in [3.8, 4) is 0 Å². The predicted octanol–water partition coefficient (Wildman–Crippen LogP) is 2.65. The number of amides is 1. The van der Waals surface area contributed by atoms with Crippen LogP contribution in [0, 0.1) is 5.92 Å². The molecule has 2 aromatic rings. The van der Waals surface area contributed by atoms with E-state index in [9.17, 15) is 4.79 Å². The molecule has 0 spiro atoms. The fourth-order valence-electron chi connectivity index (χ4n) is 3.48. The third-order valence-corrected chi connectivity index (χ3v) is 5.46. The van der Waals surface area contributed by atoms with Crippen LogP contribution < -0.4 is 5.32 Å². The Hall–Kier alpha value is -1.79. The van der Waals surface area contributed by atoms with E-state index in [4.69, 9.17) is 4.42 Å². The number of aromatic nitrogens is 1. The van der Waals surface area contributed by atoms with Gasteiger partial charge in [-0.25, -0.2) is 4.98 Å². The maximum atomic E-state index is 12.4. The predicted molar refractivity (Wildman–Crippen MR) is 87.5 cm³/mol. The van der Waals surface area contributed by atoms with Gasteiger partial charge in [-0.15, -0.1) is 0 Å². The zero-order valence-electron chi connectivity index (χ0n) is 12.8. The maximum Gasteiger partial charge on any atom is 0.251 e. The van der Waals surface area contributed by atoms with Gasteiger partial charge in [0.2, 0.25) is 0 Å². The molecule has 4 rings (SSSR count). The van der Waals surface area contributed by atoms with Crippen molar-refractivity contribution in [1.82, 2.24) is 15.2 Å². The normalized spacial score (nSPS) is 26.2. The molecule has 1 aromatic heterocycles. The van der Waals surface area contributed by atoms with Crippen LogP contribution in [0.5, 0.6) is 0 Å². The molecule has 1 unspecified atom stereocenters.